The highest BCUT2D eigenvalue weighted by Crippen LogP contribution is 2.44. The molecule has 1 atom stereocenters. The average molecular weight is 642 g/mol. The fraction of sp³-hybridized carbons (Fsp3) is 0.364. The number of nitrogens with zero attached hydrogens (tertiary/aromatic N) is 3. The number of β-amino-alcohol motifs (C(OH)–C–C–N with tert-alkyl or cyclic N) is 1. The van der Waals surface area contributed by atoms with Crippen molar-refractivity contribution in [3.05, 3.63) is 99.7 Å². The molecular weight excluding hydrogens is 607 g/mol. The summed E-state index contributed by atoms with van der Waals surface area (Å²) in [7, 11) is 0. The molecule has 0 amide bonds. The van der Waals surface area contributed by atoms with Crippen molar-refractivity contribution in [3.8, 4) is 11.5 Å². The molecule has 2 heterocycles. The average Bonchev–Trinajstić information content (AvgIpc) is 3.37. The molecule has 1 fully saturated rings. The van der Waals surface area contributed by atoms with Crippen molar-refractivity contribution >= 4 is 22.6 Å². The summed E-state index contributed by atoms with van der Waals surface area (Å²) in [6, 6.07) is 17.2. The highest BCUT2D eigenvalue weighted by Gasteiger charge is 2.57. The monoisotopic (exact) mass is 641 g/mol. The zero-order chi connectivity index (χ0) is 33.1. The lowest BCUT2D eigenvalue weighted by atomic mass is 9.91. The lowest BCUT2D eigenvalue weighted by Gasteiger charge is -2.39. The number of likely N-dealkylation sites (tertiary alicyclic amines) is 1. The number of esters is 1. The lowest BCUT2D eigenvalue weighted by molar-refractivity contribution is -0.384. The number of phenols is 1. The smallest absolute Gasteiger partial charge is 0.422 e. The number of non-ortho nitro benzene ring substituents is 1. The Morgan fingerprint density at radius 1 is 1.04 bits per heavy atom. The van der Waals surface area contributed by atoms with Gasteiger partial charge in [0.1, 0.15) is 6.10 Å². The van der Waals surface area contributed by atoms with Crippen molar-refractivity contribution in [1.82, 2.24) is 9.47 Å². The van der Waals surface area contributed by atoms with Crippen LogP contribution >= 0.6 is 0 Å². The van der Waals surface area contributed by atoms with Gasteiger partial charge < -0.3 is 24.3 Å². The van der Waals surface area contributed by atoms with E-state index in [2.05, 4.69) is 0 Å². The molecule has 0 radical (unpaired) electrons. The molecule has 2 N–H and O–H groups in total. The van der Waals surface area contributed by atoms with Gasteiger partial charge in [0.05, 0.1) is 23.5 Å². The van der Waals surface area contributed by atoms with Gasteiger partial charge in [0.15, 0.2) is 11.5 Å². The normalized spacial score (nSPS) is 15.8. The van der Waals surface area contributed by atoms with Gasteiger partial charge in [0.2, 0.25) is 5.60 Å². The molecule has 0 aliphatic carbocycles. The topological polar surface area (TPSA) is 127 Å². The second-order valence-electron chi connectivity index (χ2n) is 11.4. The second-order valence-corrected chi connectivity index (χ2v) is 11.4. The van der Waals surface area contributed by atoms with Crippen LogP contribution in [0.25, 0.3) is 10.9 Å². The SMILES string of the molecule is CCOC(=O)Cc1ccc(OC2CCN(CC(O)(c3cn(Cc4ccccc4)c4cc([N+](=O)[O-])ccc34)C(F)(F)F)CC2)c(O)c1. The van der Waals surface area contributed by atoms with Gasteiger partial charge in [-0.15, -0.1) is 0 Å². The van der Waals surface area contributed by atoms with Crippen molar-refractivity contribution in [2.45, 2.75) is 50.6 Å². The van der Waals surface area contributed by atoms with Crippen LogP contribution in [0, 0.1) is 10.1 Å². The fourth-order valence-corrected chi connectivity index (χ4v) is 5.80. The molecule has 13 heteroatoms. The minimum atomic E-state index is -5.06. The van der Waals surface area contributed by atoms with Crippen LogP contribution in [-0.2, 0) is 28.1 Å². The summed E-state index contributed by atoms with van der Waals surface area (Å²) in [4.78, 5) is 24.1. The van der Waals surface area contributed by atoms with Crippen molar-refractivity contribution in [2.75, 3.05) is 26.2 Å². The number of ether oxygens (including phenoxy) is 2. The fourth-order valence-electron chi connectivity index (χ4n) is 5.80. The van der Waals surface area contributed by atoms with E-state index in [0.717, 1.165) is 11.6 Å². The molecule has 10 nitrogen and oxygen atoms in total. The molecule has 0 spiro atoms. The molecule has 3 aromatic carbocycles. The van der Waals surface area contributed by atoms with Gasteiger partial charge in [-0.25, -0.2) is 0 Å². The van der Waals surface area contributed by atoms with Crippen molar-refractivity contribution in [2.24, 2.45) is 0 Å². The third-order valence-corrected chi connectivity index (χ3v) is 8.14. The van der Waals surface area contributed by atoms with E-state index in [0.29, 0.717) is 18.4 Å². The Morgan fingerprint density at radius 2 is 1.76 bits per heavy atom. The van der Waals surface area contributed by atoms with Crippen LogP contribution in [0.3, 0.4) is 0 Å². The predicted molar refractivity (Wildman–Crippen MR) is 163 cm³/mol. The number of phenolic OH excluding ortho intramolecular Hbond substituents is 1. The van der Waals surface area contributed by atoms with Gasteiger partial charge in [0, 0.05) is 55.5 Å². The first kappa shape index (κ1) is 32.8. The summed E-state index contributed by atoms with van der Waals surface area (Å²) in [6.07, 6.45) is -3.57. The predicted octanol–water partition coefficient (Wildman–Crippen LogP) is 5.70. The Kier molecular flexibility index (Phi) is 9.54. The summed E-state index contributed by atoms with van der Waals surface area (Å²) < 4.78 is 56.8. The molecule has 4 aromatic rings. The number of carbonyl (C=O) groups excluding carboxylic acids is 1. The quantitative estimate of drug-likeness (QED) is 0.121. The number of piperidine rings is 1. The zero-order valence-corrected chi connectivity index (χ0v) is 25.1. The molecule has 244 valence electrons. The molecule has 1 aromatic heterocycles. The number of hydrogen-bond donors (Lipinski definition) is 2. The number of carbonyl (C=O) groups is 1. The van der Waals surface area contributed by atoms with Crippen LogP contribution in [0.2, 0.25) is 0 Å². The van der Waals surface area contributed by atoms with Gasteiger partial charge in [-0.1, -0.05) is 36.4 Å². The van der Waals surface area contributed by atoms with Gasteiger partial charge in [-0.05, 0) is 49.1 Å². The number of alkyl halides is 3. The molecule has 46 heavy (non-hydrogen) atoms. The number of nitro groups is 1. The maximum atomic E-state index is 14.8. The zero-order valence-electron chi connectivity index (χ0n) is 25.1. The Labute approximate surface area is 262 Å². The standard InChI is InChI=1S/C33H34F3N3O7/c1-2-45-31(41)17-23-8-11-30(29(40)16-23)46-25-12-14-37(15-13-25)21-32(42,33(34,35)36)27-20-38(19-22-6-4-3-5-7-22)28-18-24(39(43)44)9-10-26(27)28/h3-11,16,18,20,25,40,42H,2,12-15,17,19,21H2,1H3. The summed E-state index contributed by atoms with van der Waals surface area (Å²) in [5.74, 6) is -0.398. The summed E-state index contributed by atoms with van der Waals surface area (Å²) in [5.41, 5.74) is -2.41. The van der Waals surface area contributed by atoms with E-state index in [1.165, 1.54) is 39.9 Å². The van der Waals surface area contributed by atoms with E-state index < -0.39 is 35.3 Å². The number of nitro benzene ring substituents is 1. The molecule has 0 saturated carbocycles. The molecule has 1 aliphatic heterocycles. The third kappa shape index (κ3) is 7.10. The van der Waals surface area contributed by atoms with Crippen molar-refractivity contribution in [1.29, 1.82) is 0 Å². The summed E-state index contributed by atoms with van der Waals surface area (Å²) in [5, 5.41) is 33.5. The number of aromatic nitrogens is 1. The number of aliphatic hydroxyl groups is 1. The Morgan fingerprint density at radius 3 is 2.39 bits per heavy atom. The van der Waals surface area contributed by atoms with Crippen LogP contribution in [0.15, 0.2) is 72.9 Å². The maximum absolute atomic E-state index is 14.8. The van der Waals surface area contributed by atoms with E-state index in [-0.39, 0.29) is 66.3 Å². The second kappa shape index (κ2) is 13.4. The Balaban J connectivity index is 1.34. The first-order chi connectivity index (χ1) is 21.9. The lowest BCUT2D eigenvalue weighted by Crippen LogP contribution is -2.53. The van der Waals surface area contributed by atoms with E-state index in [9.17, 15) is 38.3 Å². The summed E-state index contributed by atoms with van der Waals surface area (Å²) in [6.45, 7) is 1.69. The summed E-state index contributed by atoms with van der Waals surface area (Å²) >= 11 is 0. The van der Waals surface area contributed by atoms with Crippen molar-refractivity contribution in [3.63, 3.8) is 0 Å². The number of aromatic hydroxyl groups is 1. The number of benzene rings is 3. The van der Waals surface area contributed by atoms with Crippen LogP contribution in [0.5, 0.6) is 11.5 Å². The largest absolute Gasteiger partial charge is 0.504 e. The minimum absolute atomic E-state index is 0.00992. The number of rotatable bonds is 11. The maximum Gasteiger partial charge on any atom is 0.422 e. The van der Waals surface area contributed by atoms with Crippen LogP contribution in [0.4, 0.5) is 18.9 Å². The van der Waals surface area contributed by atoms with E-state index in [4.69, 9.17) is 9.47 Å². The van der Waals surface area contributed by atoms with Crippen molar-refractivity contribution < 1.29 is 42.6 Å². The van der Waals surface area contributed by atoms with Gasteiger partial charge in [-0.3, -0.25) is 19.8 Å². The van der Waals surface area contributed by atoms with Gasteiger partial charge >= 0.3 is 12.1 Å². The molecule has 1 unspecified atom stereocenters. The van der Waals surface area contributed by atoms with Gasteiger partial charge in [-0.2, -0.15) is 13.2 Å². The molecular formula is C33H34F3N3O7. The highest BCUT2D eigenvalue weighted by molar-refractivity contribution is 5.87. The minimum Gasteiger partial charge on any atom is -0.504 e. The molecule has 1 saturated heterocycles. The number of halogens is 3. The third-order valence-electron chi connectivity index (χ3n) is 8.14. The number of fused-ring (bicyclic) bond motifs is 1. The number of hydrogen-bond acceptors (Lipinski definition) is 8. The van der Waals surface area contributed by atoms with E-state index in [1.54, 1.807) is 43.3 Å². The highest BCUT2D eigenvalue weighted by atomic mass is 19.4. The van der Waals surface area contributed by atoms with E-state index >= 15 is 0 Å². The molecule has 0 bridgehead atoms. The van der Waals surface area contributed by atoms with Crippen LogP contribution in [0.1, 0.15) is 36.5 Å². The Hall–Kier alpha value is -4.62. The first-order valence-corrected chi connectivity index (χ1v) is 14.8. The van der Waals surface area contributed by atoms with Crippen LogP contribution in [-0.4, -0.2) is 69.1 Å². The van der Waals surface area contributed by atoms with Gasteiger partial charge in [0.25, 0.3) is 5.69 Å². The Bertz CT molecular complexity index is 1700. The molecule has 1 aliphatic rings. The van der Waals surface area contributed by atoms with E-state index in [1.807, 2.05) is 0 Å². The molecule has 5 rings (SSSR count). The van der Waals surface area contributed by atoms with Crippen LogP contribution < -0.4 is 4.74 Å². The first-order valence-electron chi connectivity index (χ1n) is 14.8.